The van der Waals surface area contributed by atoms with E-state index in [-0.39, 0.29) is 29.5 Å². The van der Waals surface area contributed by atoms with Gasteiger partial charge in [0.25, 0.3) is 5.71 Å². The standard InChI is InChI=1S/C10H8N4O4/c15-13-6-4-11-10-9(14(16)18-12-10)8(6)5-2-1-3-7(5)17-13/h1,3-5,7-8H,2H2/t5-,7+,8+/m0/s1. The normalized spacial score (nSPS) is 31.9. The van der Waals surface area contributed by atoms with Crippen molar-refractivity contribution in [2.75, 3.05) is 0 Å². The molecule has 0 fully saturated rings. The molecule has 0 amide bonds. The van der Waals surface area contributed by atoms with E-state index < -0.39 is 0 Å². The first-order valence-corrected chi connectivity index (χ1v) is 5.57. The fourth-order valence-electron chi connectivity index (χ4n) is 2.78. The molecule has 0 saturated heterocycles. The first-order valence-electron chi connectivity index (χ1n) is 5.57. The Morgan fingerprint density at radius 1 is 1.39 bits per heavy atom. The van der Waals surface area contributed by atoms with E-state index in [1.807, 2.05) is 12.2 Å². The highest BCUT2D eigenvalue weighted by Gasteiger charge is 2.50. The molecule has 0 aromatic carbocycles. The lowest BCUT2D eigenvalue weighted by atomic mass is 9.81. The van der Waals surface area contributed by atoms with Gasteiger partial charge in [-0.2, -0.15) is 0 Å². The molecule has 0 spiro atoms. The predicted octanol–water partition coefficient (Wildman–Crippen LogP) is -0.0513. The Bertz CT molecular complexity index is 617. The van der Waals surface area contributed by atoms with Crippen LogP contribution in [0.5, 0.6) is 0 Å². The van der Waals surface area contributed by atoms with Crippen LogP contribution in [0.25, 0.3) is 0 Å². The van der Waals surface area contributed by atoms with E-state index in [9.17, 15) is 10.4 Å². The van der Waals surface area contributed by atoms with Gasteiger partial charge in [0.2, 0.25) is 5.69 Å². The Morgan fingerprint density at radius 3 is 3.17 bits per heavy atom. The van der Waals surface area contributed by atoms with Gasteiger partial charge in [0.1, 0.15) is 12.1 Å². The maximum absolute atomic E-state index is 11.8. The fraction of sp³-hybridized carbons (Fsp3) is 0.400. The summed E-state index contributed by atoms with van der Waals surface area (Å²) in [6.07, 6.45) is 5.59. The molecule has 18 heavy (non-hydrogen) atoms. The van der Waals surface area contributed by atoms with E-state index in [0.29, 0.717) is 15.5 Å². The van der Waals surface area contributed by atoms with Crippen LogP contribution in [-0.4, -0.2) is 28.1 Å². The van der Waals surface area contributed by atoms with Crippen LogP contribution >= 0.6 is 0 Å². The maximum atomic E-state index is 11.8. The Morgan fingerprint density at radius 2 is 2.28 bits per heavy atom. The first kappa shape index (κ1) is 9.63. The molecule has 3 aliphatic rings. The minimum absolute atomic E-state index is 0.00954. The van der Waals surface area contributed by atoms with Gasteiger partial charge in [-0.05, 0) is 11.3 Å². The molecule has 0 radical (unpaired) electrons. The summed E-state index contributed by atoms with van der Waals surface area (Å²) >= 11 is 0. The highest BCUT2D eigenvalue weighted by atomic mass is 16.9. The van der Waals surface area contributed by atoms with Gasteiger partial charge in [-0.15, -0.1) is 0 Å². The fourth-order valence-corrected chi connectivity index (χ4v) is 2.78. The molecule has 4 rings (SSSR count). The Hall–Kier alpha value is -2.38. The van der Waals surface area contributed by atoms with Crippen LogP contribution in [0.2, 0.25) is 0 Å². The van der Waals surface area contributed by atoms with Crippen molar-refractivity contribution in [3.63, 3.8) is 0 Å². The Labute approximate surface area is 101 Å². The average Bonchev–Trinajstić information content (AvgIpc) is 2.96. The predicted molar refractivity (Wildman–Crippen MR) is 57.1 cm³/mol. The summed E-state index contributed by atoms with van der Waals surface area (Å²) < 4.78 is 4.55. The van der Waals surface area contributed by atoms with Crippen molar-refractivity contribution < 1.29 is 19.3 Å². The van der Waals surface area contributed by atoms with Gasteiger partial charge >= 0.3 is 5.82 Å². The molecule has 1 aliphatic carbocycles. The second-order valence-corrected chi connectivity index (χ2v) is 4.45. The van der Waals surface area contributed by atoms with Crippen LogP contribution in [0.4, 0.5) is 5.82 Å². The van der Waals surface area contributed by atoms with E-state index in [1.165, 1.54) is 6.21 Å². The van der Waals surface area contributed by atoms with E-state index in [1.54, 1.807) is 0 Å². The van der Waals surface area contributed by atoms with Crippen LogP contribution in [-0.2, 0) is 4.84 Å². The van der Waals surface area contributed by atoms with E-state index in [4.69, 9.17) is 4.84 Å². The molecular weight excluding hydrogens is 240 g/mol. The van der Waals surface area contributed by atoms with Crippen molar-refractivity contribution in [2.24, 2.45) is 10.9 Å². The van der Waals surface area contributed by atoms with Gasteiger partial charge in [0.15, 0.2) is 0 Å². The first-order chi connectivity index (χ1) is 8.75. The SMILES string of the molecule is [O-][N+]1=C2C=Nc3no[n+]([O-])c3[C@@H]2[C@H]2CC=C[C@H]2O1. The number of aliphatic imine (C=N–C) groups is 1. The van der Waals surface area contributed by atoms with Gasteiger partial charge in [0, 0.05) is 10.8 Å². The quantitative estimate of drug-likeness (QED) is 0.473. The lowest BCUT2D eigenvalue weighted by Crippen LogP contribution is -2.46. The smallest absolute Gasteiger partial charge is 0.337 e. The molecule has 1 aromatic rings. The van der Waals surface area contributed by atoms with Gasteiger partial charge in [-0.3, -0.25) is 9.84 Å². The monoisotopic (exact) mass is 248 g/mol. The summed E-state index contributed by atoms with van der Waals surface area (Å²) in [7, 11) is 0. The van der Waals surface area contributed by atoms with Gasteiger partial charge in [-0.1, -0.05) is 12.2 Å². The molecule has 0 unspecified atom stereocenters. The number of rotatable bonds is 0. The molecular formula is C10H8N4O4. The average molecular weight is 248 g/mol. The van der Waals surface area contributed by atoms with Crippen molar-refractivity contribution in [1.82, 2.24) is 5.16 Å². The number of fused-ring (bicyclic) bond motifs is 5. The van der Waals surface area contributed by atoms with Gasteiger partial charge in [0.05, 0.1) is 11.3 Å². The minimum Gasteiger partial charge on any atom is -0.395 e. The summed E-state index contributed by atoms with van der Waals surface area (Å²) in [4.78, 5) is 9.90. The second kappa shape index (κ2) is 3.09. The maximum Gasteiger partial charge on any atom is 0.337 e. The zero-order valence-corrected chi connectivity index (χ0v) is 9.09. The highest BCUT2D eigenvalue weighted by Crippen LogP contribution is 2.42. The van der Waals surface area contributed by atoms with Crippen molar-refractivity contribution in [3.8, 4) is 0 Å². The summed E-state index contributed by atoms with van der Waals surface area (Å²) in [6, 6.07) is 0. The zero-order valence-electron chi connectivity index (χ0n) is 9.09. The van der Waals surface area contributed by atoms with E-state index in [2.05, 4.69) is 14.8 Å². The number of allylic oxidation sites excluding steroid dienone is 1. The second-order valence-electron chi connectivity index (χ2n) is 4.45. The molecule has 3 heterocycles. The molecule has 2 aliphatic heterocycles. The Kier molecular flexibility index (Phi) is 1.65. The third-order valence-corrected chi connectivity index (χ3v) is 3.57. The number of hydrogen-bond acceptors (Lipinski definition) is 6. The molecule has 8 heteroatoms. The van der Waals surface area contributed by atoms with Crippen molar-refractivity contribution in [2.45, 2.75) is 18.4 Å². The van der Waals surface area contributed by atoms with Crippen molar-refractivity contribution in [1.29, 1.82) is 0 Å². The van der Waals surface area contributed by atoms with Gasteiger partial charge in [-0.25, -0.2) is 4.99 Å². The number of nitrogens with zero attached hydrogens (tertiary/aromatic N) is 4. The zero-order chi connectivity index (χ0) is 12.3. The third-order valence-electron chi connectivity index (χ3n) is 3.57. The van der Waals surface area contributed by atoms with Gasteiger partial charge < -0.3 is 10.0 Å². The largest absolute Gasteiger partial charge is 0.395 e. The molecule has 0 bridgehead atoms. The summed E-state index contributed by atoms with van der Waals surface area (Å²) in [6.45, 7) is 0. The number of hydrogen-bond donors (Lipinski definition) is 0. The van der Waals surface area contributed by atoms with E-state index >= 15 is 0 Å². The topological polar surface area (TPSA) is 101 Å². The van der Waals surface area contributed by atoms with Crippen LogP contribution in [0.3, 0.4) is 0 Å². The lowest BCUT2D eigenvalue weighted by molar-refractivity contribution is -0.810. The molecule has 0 N–H and O–H groups in total. The van der Waals surface area contributed by atoms with Crippen molar-refractivity contribution in [3.05, 3.63) is 28.3 Å². The third kappa shape index (κ3) is 1.04. The molecule has 8 nitrogen and oxygen atoms in total. The van der Waals surface area contributed by atoms with Crippen LogP contribution < -0.4 is 4.90 Å². The molecule has 92 valence electrons. The summed E-state index contributed by atoms with van der Waals surface area (Å²) in [5, 5.41) is 27.0. The van der Waals surface area contributed by atoms with Crippen LogP contribution in [0.1, 0.15) is 18.0 Å². The summed E-state index contributed by atoms with van der Waals surface area (Å²) in [5.41, 5.74) is 0.607. The summed E-state index contributed by atoms with van der Waals surface area (Å²) in [5.74, 6) is -0.137. The minimum atomic E-state index is -0.382. The van der Waals surface area contributed by atoms with E-state index in [0.717, 1.165) is 6.42 Å². The molecule has 1 aromatic heterocycles. The van der Waals surface area contributed by atoms with Crippen LogP contribution in [0, 0.1) is 16.3 Å². The highest BCUT2D eigenvalue weighted by molar-refractivity contribution is 6.32. The van der Waals surface area contributed by atoms with Crippen LogP contribution in [0.15, 0.2) is 21.8 Å². The molecule has 0 saturated carbocycles. The van der Waals surface area contributed by atoms with Crippen molar-refractivity contribution >= 4 is 17.7 Å². The Balaban J connectivity index is 1.94. The molecule has 3 atom stereocenters. The number of aromatic nitrogens is 2. The lowest BCUT2D eigenvalue weighted by Gasteiger charge is -2.31.